The lowest BCUT2D eigenvalue weighted by atomic mass is 10.1. The Morgan fingerprint density at radius 1 is 0.730 bits per heavy atom. The lowest BCUT2D eigenvalue weighted by Crippen LogP contribution is -2.52. The highest BCUT2D eigenvalue weighted by molar-refractivity contribution is 5.78. The van der Waals surface area contributed by atoms with Crippen LogP contribution in [0.15, 0.2) is 24.3 Å². The Bertz CT molecular complexity index is 926. The summed E-state index contributed by atoms with van der Waals surface area (Å²) in [4.78, 5) is 61.8. The number of carboxylic acids is 3. The molecule has 0 atom stereocenters. The fourth-order valence-electron chi connectivity index (χ4n) is 3.83. The minimum Gasteiger partial charge on any atom is -0.480 e. The number of nitrogens with one attached hydrogen (secondary N) is 1. The van der Waals surface area contributed by atoms with Gasteiger partial charge < -0.3 is 15.3 Å². The molecular formula is C22H32N6O9. The van der Waals surface area contributed by atoms with Gasteiger partial charge in [-0.1, -0.05) is 12.1 Å². The zero-order valence-corrected chi connectivity index (χ0v) is 20.3. The second kappa shape index (κ2) is 14.8. The number of benzene rings is 1. The summed E-state index contributed by atoms with van der Waals surface area (Å²) in [5.74, 6) is -3.51. The molecule has 15 heteroatoms. The lowest BCUT2D eigenvalue weighted by molar-refractivity contribution is -0.384. The molecule has 0 unspecified atom stereocenters. The number of amides is 1. The summed E-state index contributed by atoms with van der Waals surface area (Å²) in [6, 6.07) is 5.58. The van der Waals surface area contributed by atoms with E-state index in [0.29, 0.717) is 5.56 Å². The first-order valence-corrected chi connectivity index (χ1v) is 11.6. The van der Waals surface area contributed by atoms with E-state index >= 15 is 0 Å². The van der Waals surface area contributed by atoms with E-state index in [4.69, 9.17) is 0 Å². The summed E-state index contributed by atoms with van der Waals surface area (Å²) in [5, 5.41) is 40.2. The van der Waals surface area contributed by atoms with Gasteiger partial charge in [0, 0.05) is 64.5 Å². The number of carbonyl (C=O) groups is 4. The Balaban J connectivity index is 2.11. The molecule has 15 nitrogen and oxygen atoms in total. The minimum absolute atomic E-state index is 0.0453. The average Bonchev–Trinajstić information content (AvgIpc) is 2.80. The van der Waals surface area contributed by atoms with E-state index in [1.54, 1.807) is 19.7 Å². The van der Waals surface area contributed by atoms with Crippen LogP contribution >= 0.6 is 0 Å². The molecule has 2 rings (SSSR count). The maximum atomic E-state index is 12.7. The second-order valence-corrected chi connectivity index (χ2v) is 8.63. The van der Waals surface area contributed by atoms with Crippen molar-refractivity contribution in [1.82, 2.24) is 25.1 Å². The molecule has 1 saturated heterocycles. The Hall–Kier alpha value is -3.66. The van der Waals surface area contributed by atoms with Crippen LogP contribution in [0.1, 0.15) is 5.56 Å². The largest absolute Gasteiger partial charge is 0.480 e. The van der Waals surface area contributed by atoms with Crippen molar-refractivity contribution in [1.29, 1.82) is 0 Å². The number of nitro groups is 1. The smallest absolute Gasteiger partial charge is 0.317 e. The van der Waals surface area contributed by atoms with Crippen LogP contribution in [-0.4, -0.2) is 136 Å². The van der Waals surface area contributed by atoms with Crippen LogP contribution in [0, 0.1) is 10.1 Å². The quantitative estimate of drug-likeness (QED) is 0.207. The van der Waals surface area contributed by atoms with Crippen LogP contribution in [-0.2, 0) is 25.6 Å². The van der Waals surface area contributed by atoms with E-state index in [1.807, 2.05) is 0 Å². The highest BCUT2D eigenvalue weighted by Crippen LogP contribution is 2.12. The monoisotopic (exact) mass is 524 g/mol. The molecule has 1 aromatic rings. The van der Waals surface area contributed by atoms with Crippen LogP contribution in [0.4, 0.5) is 5.69 Å². The number of hydrogen-bond donors (Lipinski definition) is 4. The maximum Gasteiger partial charge on any atom is 0.317 e. The van der Waals surface area contributed by atoms with E-state index in [2.05, 4.69) is 5.43 Å². The molecule has 0 spiro atoms. The van der Waals surface area contributed by atoms with E-state index in [-0.39, 0.29) is 90.0 Å². The van der Waals surface area contributed by atoms with Gasteiger partial charge in [-0.25, -0.2) is 5.01 Å². The normalized spacial score (nSPS) is 17.3. The Kier molecular flexibility index (Phi) is 11.8. The number of carboxylic acid groups (broad SMARTS) is 3. The van der Waals surface area contributed by atoms with Gasteiger partial charge in [-0.05, 0) is 5.56 Å². The molecule has 1 amide bonds. The van der Waals surface area contributed by atoms with Gasteiger partial charge in [0.1, 0.15) is 0 Å². The van der Waals surface area contributed by atoms with Crippen molar-refractivity contribution in [3.63, 3.8) is 0 Å². The van der Waals surface area contributed by atoms with Crippen LogP contribution in [0.5, 0.6) is 0 Å². The zero-order valence-electron chi connectivity index (χ0n) is 20.3. The summed E-state index contributed by atoms with van der Waals surface area (Å²) >= 11 is 0. The molecule has 1 fully saturated rings. The van der Waals surface area contributed by atoms with E-state index < -0.39 is 22.8 Å². The molecule has 0 saturated carbocycles. The highest BCUT2D eigenvalue weighted by Gasteiger charge is 2.21. The van der Waals surface area contributed by atoms with Crippen molar-refractivity contribution >= 4 is 29.5 Å². The predicted molar refractivity (Wildman–Crippen MR) is 129 cm³/mol. The minimum atomic E-state index is -1.04. The number of aliphatic carboxylic acids is 3. The van der Waals surface area contributed by atoms with Crippen molar-refractivity contribution in [3.05, 3.63) is 39.9 Å². The van der Waals surface area contributed by atoms with Gasteiger partial charge in [0.15, 0.2) is 0 Å². The highest BCUT2D eigenvalue weighted by atomic mass is 16.6. The molecule has 0 radical (unpaired) electrons. The first-order chi connectivity index (χ1) is 17.5. The van der Waals surface area contributed by atoms with E-state index in [9.17, 15) is 44.6 Å². The van der Waals surface area contributed by atoms with Gasteiger partial charge in [0.2, 0.25) is 5.91 Å². The predicted octanol–water partition coefficient (Wildman–Crippen LogP) is -1.36. The van der Waals surface area contributed by atoms with Gasteiger partial charge in [0.05, 0.1) is 31.0 Å². The number of non-ortho nitro benzene ring substituents is 1. The van der Waals surface area contributed by atoms with Gasteiger partial charge in [-0.15, -0.1) is 0 Å². The second-order valence-electron chi connectivity index (χ2n) is 8.63. The third-order valence-electron chi connectivity index (χ3n) is 5.71. The Labute approximate surface area is 213 Å². The molecule has 0 aromatic heterocycles. The fraction of sp³-hybridized carbons (Fsp3) is 0.545. The summed E-state index contributed by atoms with van der Waals surface area (Å²) in [5.41, 5.74) is 3.24. The van der Waals surface area contributed by atoms with Gasteiger partial charge in [-0.2, -0.15) is 0 Å². The summed E-state index contributed by atoms with van der Waals surface area (Å²) in [7, 11) is 0. The van der Waals surface area contributed by atoms with Gasteiger partial charge >= 0.3 is 17.9 Å². The molecule has 1 aliphatic heterocycles. The molecule has 1 aromatic carbocycles. The van der Waals surface area contributed by atoms with E-state index in [1.165, 1.54) is 24.3 Å². The third-order valence-corrected chi connectivity index (χ3v) is 5.71. The SMILES string of the molecule is O=C(O)CN1CCN(CC(=O)O)CCN(NC(=O)Cc2ccc([N+](=O)[O-])cc2)CCN(CC(=O)O)CC1. The number of rotatable bonds is 10. The number of nitro benzene ring substituents is 1. The first kappa shape index (κ1) is 29.6. The average molecular weight is 525 g/mol. The molecule has 1 heterocycles. The van der Waals surface area contributed by atoms with Crippen molar-refractivity contribution in [2.24, 2.45) is 0 Å². The lowest BCUT2D eigenvalue weighted by Gasteiger charge is -2.33. The van der Waals surface area contributed by atoms with Crippen LogP contribution in [0.25, 0.3) is 0 Å². The Morgan fingerprint density at radius 3 is 1.46 bits per heavy atom. The fourth-order valence-corrected chi connectivity index (χ4v) is 3.83. The van der Waals surface area contributed by atoms with Crippen molar-refractivity contribution < 1.29 is 39.4 Å². The topological polar surface area (TPSA) is 197 Å². The van der Waals surface area contributed by atoms with Crippen LogP contribution in [0.2, 0.25) is 0 Å². The molecule has 1 aliphatic rings. The van der Waals surface area contributed by atoms with Crippen molar-refractivity contribution in [2.75, 3.05) is 72.0 Å². The molecule has 37 heavy (non-hydrogen) atoms. The Morgan fingerprint density at radius 2 is 1.11 bits per heavy atom. The standard InChI is InChI=1S/C22H32N6O9/c29-19(13-17-1-3-18(4-2-17)28(36)37)23-27-11-9-25(15-21(32)33)7-5-24(14-20(30)31)6-8-26(10-12-27)16-22(34)35/h1-4H,5-16H2,(H,23,29)(H,30,31)(H,32,33)(H,34,35). The maximum absolute atomic E-state index is 12.7. The van der Waals surface area contributed by atoms with Crippen LogP contribution < -0.4 is 5.43 Å². The third kappa shape index (κ3) is 11.7. The van der Waals surface area contributed by atoms with Crippen LogP contribution in [0.3, 0.4) is 0 Å². The number of nitrogens with zero attached hydrogens (tertiary/aromatic N) is 5. The molecule has 4 N–H and O–H groups in total. The van der Waals surface area contributed by atoms with Gasteiger partial charge in [0.25, 0.3) is 5.69 Å². The van der Waals surface area contributed by atoms with Gasteiger partial charge in [-0.3, -0.25) is 49.4 Å². The molecule has 0 bridgehead atoms. The summed E-state index contributed by atoms with van der Waals surface area (Å²) in [6.45, 7) is 1.26. The zero-order chi connectivity index (χ0) is 27.4. The van der Waals surface area contributed by atoms with Crippen molar-refractivity contribution in [3.8, 4) is 0 Å². The number of hydrogen-bond acceptors (Lipinski definition) is 10. The van der Waals surface area contributed by atoms with E-state index in [0.717, 1.165) is 0 Å². The number of hydrazine groups is 1. The molecule has 0 aliphatic carbocycles. The summed E-state index contributed by atoms with van der Waals surface area (Å²) in [6.07, 6.45) is -0.0453. The molecular weight excluding hydrogens is 492 g/mol. The first-order valence-electron chi connectivity index (χ1n) is 11.6. The van der Waals surface area contributed by atoms with Crippen molar-refractivity contribution in [2.45, 2.75) is 6.42 Å². The summed E-state index contributed by atoms with van der Waals surface area (Å²) < 4.78 is 0. The molecule has 204 valence electrons. The number of carbonyl (C=O) groups excluding carboxylic acids is 1.